The first kappa shape index (κ1) is 14.0. The zero-order chi connectivity index (χ0) is 12.8. The Kier molecular flexibility index (Phi) is 5.41. The third kappa shape index (κ3) is 4.34. The number of carboxylic acid groups (broad SMARTS) is 1. The predicted octanol–water partition coefficient (Wildman–Crippen LogP) is 1.12. The number of carboxylic acids is 1. The van der Waals surface area contributed by atoms with Crippen molar-refractivity contribution in [3.63, 3.8) is 0 Å². The summed E-state index contributed by atoms with van der Waals surface area (Å²) in [6.07, 6.45) is 2.56. The molecule has 5 heteroatoms. The van der Waals surface area contributed by atoms with E-state index in [1.807, 2.05) is 4.90 Å². The SMILES string of the molecule is COC(=O)CCC(C(=O)O)N1CCC(C)CC1. The molecule has 0 bridgehead atoms. The fourth-order valence-corrected chi connectivity index (χ4v) is 2.16. The molecule has 0 spiro atoms. The Morgan fingerprint density at radius 3 is 2.47 bits per heavy atom. The second kappa shape index (κ2) is 6.59. The van der Waals surface area contributed by atoms with E-state index < -0.39 is 12.0 Å². The molecule has 0 saturated carbocycles. The lowest BCUT2D eigenvalue weighted by Crippen LogP contribution is -2.45. The van der Waals surface area contributed by atoms with Crippen molar-refractivity contribution < 1.29 is 19.4 Å². The van der Waals surface area contributed by atoms with E-state index in [9.17, 15) is 14.7 Å². The van der Waals surface area contributed by atoms with Crippen molar-refractivity contribution in [3.8, 4) is 0 Å². The number of likely N-dealkylation sites (tertiary alicyclic amines) is 1. The molecule has 0 aromatic heterocycles. The number of hydrogen-bond donors (Lipinski definition) is 1. The molecule has 0 amide bonds. The number of carbonyl (C=O) groups is 2. The van der Waals surface area contributed by atoms with Crippen molar-refractivity contribution >= 4 is 11.9 Å². The summed E-state index contributed by atoms with van der Waals surface area (Å²) >= 11 is 0. The van der Waals surface area contributed by atoms with Gasteiger partial charge in [0.1, 0.15) is 6.04 Å². The molecular formula is C12H21NO4. The lowest BCUT2D eigenvalue weighted by atomic mass is 9.97. The van der Waals surface area contributed by atoms with Gasteiger partial charge in [-0.3, -0.25) is 14.5 Å². The van der Waals surface area contributed by atoms with Gasteiger partial charge in [0.2, 0.25) is 0 Å². The monoisotopic (exact) mass is 243 g/mol. The first-order valence-electron chi connectivity index (χ1n) is 6.08. The van der Waals surface area contributed by atoms with E-state index in [1.165, 1.54) is 7.11 Å². The summed E-state index contributed by atoms with van der Waals surface area (Å²) in [6, 6.07) is -0.554. The summed E-state index contributed by atoms with van der Waals surface area (Å²) in [6.45, 7) is 3.79. The number of ether oxygens (including phenoxy) is 1. The molecule has 5 nitrogen and oxygen atoms in total. The molecule has 0 radical (unpaired) electrons. The fraction of sp³-hybridized carbons (Fsp3) is 0.833. The molecule has 1 saturated heterocycles. The van der Waals surface area contributed by atoms with Crippen LogP contribution in [0.4, 0.5) is 0 Å². The van der Waals surface area contributed by atoms with Crippen molar-refractivity contribution in [1.29, 1.82) is 0 Å². The zero-order valence-corrected chi connectivity index (χ0v) is 10.5. The van der Waals surface area contributed by atoms with Gasteiger partial charge in [0.05, 0.1) is 7.11 Å². The third-order valence-electron chi connectivity index (χ3n) is 3.39. The number of nitrogens with zero attached hydrogens (tertiary/aromatic N) is 1. The standard InChI is InChI=1S/C12H21NO4/c1-9-5-7-13(8-6-9)10(12(15)16)3-4-11(14)17-2/h9-10H,3-8H2,1-2H3,(H,15,16). The van der Waals surface area contributed by atoms with Gasteiger partial charge in [-0.1, -0.05) is 6.92 Å². The molecule has 1 unspecified atom stereocenters. The van der Waals surface area contributed by atoms with E-state index in [1.54, 1.807) is 0 Å². The Morgan fingerprint density at radius 2 is 2.00 bits per heavy atom. The maximum absolute atomic E-state index is 11.2. The van der Waals surface area contributed by atoms with Crippen molar-refractivity contribution in [2.24, 2.45) is 5.92 Å². The van der Waals surface area contributed by atoms with Crippen molar-refractivity contribution in [2.75, 3.05) is 20.2 Å². The van der Waals surface area contributed by atoms with Crippen LogP contribution in [-0.4, -0.2) is 48.2 Å². The van der Waals surface area contributed by atoms with Crippen molar-refractivity contribution in [2.45, 2.75) is 38.6 Å². The Hall–Kier alpha value is -1.10. The van der Waals surface area contributed by atoms with E-state index in [-0.39, 0.29) is 12.4 Å². The van der Waals surface area contributed by atoms with Crippen molar-refractivity contribution in [3.05, 3.63) is 0 Å². The molecule has 1 N–H and O–H groups in total. The number of methoxy groups -OCH3 is 1. The van der Waals surface area contributed by atoms with Gasteiger partial charge in [-0.15, -0.1) is 0 Å². The summed E-state index contributed by atoms with van der Waals surface area (Å²) in [7, 11) is 1.32. The van der Waals surface area contributed by atoms with E-state index in [0.29, 0.717) is 12.3 Å². The normalized spacial score (nSPS) is 19.9. The molecular weight excluding hydrogens is 222 g/mol. The van der Waals surface area contributed by atoms with E-state index in [4.69, 9.17) is 0 Å². The van der Waals surface area contributed by atoms with Crippen LogP contribution in [0.25, 0.3) is 0 Å². The van der Waals surface area contributed by atoms with Gasteiger partial charge < -0.3 is 9.84 Å². The van der Waals surface area contributed by atoms with Gasteiger partial charge in [-0.2, -0.15) is 0 Å². The molecule has 1 heterocycles. The average molecular weight is 243 g/mol. The highest BCUT2D eigenvalue weighted by molar-refractivity contribution is 5.75. The van der Waals surface area contributed by atoms with E-state index in [2.05, 4.69) is 11.7 Å². The minimum atomic E-state index is -0.844. The summed E-state index contributed by atoms with van der Waals surface area (Å²) in [4.78, 5) is 24.2. The molecule has 1 aliphatic heterocycles. The van der Waals surface area contributed by atoms with Gasteiger partial charge in [-0.25, -0.2) is 0 Å². The maximum atomic E-state index is 11.2. The molecule has 1 atom stereocenters. The summed E-state index contributed by atoms with van der Waals surface area (Å²) in [5.41, 5.74) is 0. The number of aliphatic carboxylic acids is 1. The highest BCUT2D eigenvalue weighted by Gasteiger charge is 2.28. The Balaban J connectivity index is 2.48. The topological polar surface area (TPSA) is 66.8 Å². The van der Waals surface area contributed by atoms with Crippen LogP contribution < -0.4 is 0 Å². The van der Waals surface area contributed by atoms with Crippen LogP contribution in [0.3, 0.4) is 0 Å². The molecule has 98 valence electrons. The lowest BCUT2D eigenvalue weighted by molar-refractivity contribution is -0.145. The van der Waals surface area contributed by atoms with Gasteiger partial charge in [0, 0.05) is 6.42 Å². The number of piperidine rings is 1. The second-order valence-corrected chi connectivity index (χ2v) is 4.69. The van der Waals surface area contributed by atoms with Gasteiger partial charge in [-0.05, 0) is 38.3 Å². The lowest BCUT2D eigenvalue weighted by Gasteiger charge is -2.34. The fourth-order valence-electron chi connectivity index (χ4n) is 2.16. The van der Waals surface area contributed by atoms with Gasteiger partial charge >= 0.3 is 11.9 Å². The van der Waals surface area contributed by atoms with Crippen LogP contribution in [-0.2, 0) is 14.3 Å². The highest BCUT2D eigenvalue weighted by Crippen LogP contribution is 2.20. The minimum absolute atomic E-state index is 0.166. The molecule has 17 heavy (non-hydrogen) atoms. The summed E-state index contributed by atoms with van der Waals surface area (Å²) in [5, 5.41) is 9.18. The summed E-state index contributed by atoms with van der Waals surface area (Å²) < 4.78 is 4.53. The second-order valence-electron chi connectivity index (χ2n) is 4.69. The smallest absolute Gasteiger partial charge is 0.320 e. The van der Waals surface area contributed by atoms with Crippen LogP contribution >= 0.6 is 0 Å². The number of esters is 1. The van der Waals surface area contributed by atoms with E-state index in [0.717, 1.165) is 25.9 Å². The Bertz CT molecular complexity index is 272. The van der Waals surface area contributed by atoms with Gasteiger partial charge in [0.25, 0.3) is 0 Å². The van der Waals surface area contributed by atoms with Crippen LogP contribution in [0, 0.1) is 5.92 Å². The first-order valence-corrected chi connectivity index (χ1v) is 6.08. The van der Waals surface area contributed by atoms with Crippen LogP contribution in [0.1, 0.15) is 32.6 Å². The molecule has 0 aromatic rings. The van der Waals surface area contributed by atoms with E-state index >= 15 is 0 Å². The van der Waals surface area contributed by atoms with Gasteiger partial charge in [0.15, 0.2) is 0 Å². The molecule has 0 aliphatic carbocycles. The average Bonchev–Trinajstić information content (AvgIpc) is 2.31. The summed E-state index contributed by atoms with van der Waals surface area (Å²) in [5.74, 6) is -0.522. The van der Waals surface area contributed by atoms with Crippen molar-refractivity contribution in [1.82, 2.24) is 4.90 Å². The highest BCUT2D eigenvalue weighted by atomic mass is 16.5. The molecule has 1 aliphatic rings. The number of hydrogen-bond acceptors (Lipinski definition) is 4. The molecule has 1 fully saturated rings. The first-order chi connectivity index (χ1) is 8.04. The minimum Gasteiger partial charge on any atom is -0.480 e. The Morgan fingerprint density at radius 1 is 1.41 bits per heavy atom. The largest absolute Gasteiger partial charge is 0.480 e. The molecule has 1 rings (SSSR count). The molecule has 0 aromatic carbocycles. The third-order valence-corrected chi connectivity index (χ3v) is 3.39. The van der Waals surface area contributed by atoms with Crippen LogP contribution in [0.15, 0.2) is 0 Å². The predicted molar refractivity (Wildman–Crippen MR) is 62.6 cm³/mol. The number of carbonyl (C=O) groups excluding carboxylic acids is 1. The number of rotatable bonds is 5. The van der Waals surface area contributed by atoms with Crippen LogP contribution in [0.5, 0.6) is 0 Å². The Labute approximate surface area is 102 Å². The zero-order valence-electron chi connectivity index (χ0n) is 10.5. The quantitative estimate of drug-likeness (QED) is 0.733. The maximum Gasteiger partial charge on any atom is 0.320 e. The van der Waals surface area contributed by atoms with Crippen LogP contribution in [0.2, 0.25) is 0 Å².